The van der Waals surface area contributed by atoms with Crippen LogP contribution in [0.2, 0.25) is 0 Å². The zero-order valence-corrected chi connectivity index (χ0v) is 19.7. The Kier molecular flexibility index (Phi) is 10.5. The molecule has 17 heteroatoms. The van der Waals surface area contributed by atoms with E-state index in [0.29, 0.717) is 0 Å². The summed E-state index contributed by atoms with van der Waals surface area (Å²) in [5.41, 5.74) is 0. The lowest BCUT2D eigenvalue weighted by atomic mass is 9.96. The first kappa shape index (κ1) is 30.4. The van der Waals surface area contributed by atoms with Gasteiger partial charge in [0.1, 0.15) is 73.2 Å². The Hall–Kier alpha value is -1.13. The molecule has 3 fully saturated rings. The number of aliphatic hydroxyl groups is 10. The average Bonchev–Trinajstić information content (AvgIpc) is 2.86. The van der Waals surface area contributed by atoms with Gasteiger partial charge in [0.25, 0.3) is 0 Å². The summed E-state index contributed by atoms with van der Waals surface area (Å²) in [6.45, 7) is -0.926. The van der Waals surface area contributed by atoms with E-state index in [2.05, 4.69) is 5.32 Å². The molecule has 3 aliphatic heterocycles. The van der Waals surface area contributed by atoms with Crippen LogP contribution in [-0.2, 0) is 28.5 Å². The normalized spacial score (nSPS) is 49.0. The summed E-state index contributed by atoms with van der Waals surface area (Å²) in [6, 6.07) is -1.30. The van der Waals surface area contributed by atoms with Gasteiger partial charge in [-0.3, -0.25) is 4.79 Å². The zero-order chi connectivity index (χ0) is 27.6. The number of hydrogen-bond acceptors (Lipinski definition) is 16. The van der Waals surface area contributed by atoms with Crippen LogP contribution < -0.4 is 5.32 Å². The van der Waals surface area contributed by atoms with Crippen LogP contribution in [0.15, 0.2) is 0 Å². The molecule has 0 radical (unpaired) electrons. The van der Waals surface area contributed by atoms with Gasteiger partial charge in [-0.15, -0.1) is 0 Å². The number of amides is 1. The molecule has 0 spiro atoms. The van der Waals surface area contributed by atoms with E-state index in [4.69, 9.17) is 23.7 Å². The number of carbonyl (C=O) groups is 1. The van der Waals surface area contributed by atoms with Crippen molar-refractivity contribution in [3.8, 4) is 0 Å². The quantitative estimate of drug-likeness (QED) is 0.135. The van der Waals surface area contributed by atoms with Gasteiger partial charge in [-0.2, -0.15) is 0 Å². The number of rotatable bonds is 8. The van der Waals surface area contributed by atoms with Gasteiger partial charge in [-0.1, -0.05) is 0 Å². The van der Waals surface area contributed by atoms with Crippen molar-refractivity contribution in [1.29, 1.82) is 0 Å². The number of ether oxygens (including phenoxy) is 5. The lowest BCUT2D eigenvalue weighted by Crippen LogP contribution is -2.66. The average molecular weight is 545 g/mol. The first-order valence-corrected chi connectivity index (χ1v) is 11.6. The van der Waals surface area contributed by atoms with Crippen molar-refractivity contribution in [2.24, 2.45) is 0 Å². The van der Waals surface area contributed by atoms with Crippen LogP contribution in [0.3, 0.4) is 0 Å². The molecule has 3 rings (SSSR count). The van der Waals surface area contributed by atoms with E-state index >= 15 is 0 Å². The summed E-state index contributed by atoms with van der Waals surface area (Å²) in [6.07, 6.45) is -23.0. The molecular formula is C20H35NO16. The standard InChI is InChI=1S/C20H35NO16/c1-5(24)21-9-12(27)10(25)6(2-22)35-19(9)33-4-8-11(26)13(28)16(31)20(36-8)37-17-7(3-23)34-18(32)15(30)14(17)29/h6-20,22-23,25-32H,2-4H2,1H3,(H,21,24)/t6-,7-,8-,9+,10-,11+,12-,13+,14-,15-,16-,17-,18+,19-,20+/m1/s1. The Morgan fingerprint density at radius 2 is 1.30 bits per heavy atom. The van der Waals surface area contributed by atoms with Crippen molar-refractivity contribution in [1.82, 2.24) is 5.32 Å². The molecule has 0 aromatic carbocycles. The predicted octanol–water partition coefficient (Wildman–Crippen LogP) is -7.43. The van der Waals surface area contributed by atoms with E-state index in [1.165, 1.54) is 0 Å². The fourth-order valence-electron chi connectivity index (χ4n) is 4.36. The van der Waals surface area contributed by atoms with Crippen molar-refractivity contribution in [3.63, 3.8) is 0 Å². The van der Waals surface area contributed by atoms with Crippen LogP contribution in [-0.4, -0.2) is 169 Å². The molecule has 3 saturated heterocycles. The Labute approximate surface area is 210 Å². The van der Waals surface area contributed by atoms with Gasteiger partial charge in [0.2, 0.25) is 5.91 Å². The summed E-state index contributed by atoms with van der Waals surface area (Å²) < 4.78 is 26.9. The van der Waals surface area contributed by atoms with E-state index in [-0.39, 0.29) is 0 Å². The van der Waals surface area contributed by atoms with E-state index in [0.717, 1.165) is 6.92 Å². The van der Waals surface area contributed by atoms with Crippen LogP contribution >= 0.6 is 0 Å². The second-order valence-electron chi connectivity index (χ2n) is 9.11. The Balaban J connectivity index is 1.71. The summed E-state index contributed by atoms with van der Waals surface area (Å²) in [5.74, 6) is -0.601. The zero-order valence-electron chi connectivity index (χ0n) is 19.7. The second-order valence-corrected chi connectivity index (χ2v) is 9.11. The Morgan fingerprint density at radius 1 is 0.703 bits per heavy atom. The maximum Gasteiger partial charge on any atom is 0.217 e. The summed E-state index contributed by atoms with van der Waals surface area (Å²) in [4.78, 5) is 11.6. The molecule has 1 amide bonds. The highest BCUT2D eigenvalue weighted by molar-refractivity contribution is 5.73. The van der Waals surface area contributed by atoms with Gasteiger partial charge in [0.15, 0.2) is 18.9 Å². The summed E-state index contributed by atoms with van der Waals surface area (Å²) in [5, 5.41) is 103. The van der Waals surface area contributed by atoms with Crippen molar-refractivity contribution < 1.29 is 79.5 Å². The molecule has 216 valence electrons. The minimum absolute atomic E-state index is 0.596. The van der Waals surface area contributed by atoms with Gasteiger partial charge in [0.05, 0.1) is 19.8 Å². The smallest absolute Gasteiger partial charge is 0.217 e. The Morgan fingerprint density at radius 3 is 1.89 bits per heavy atom. The number of nitrogens with one attached hydrogen (secondary N) is 1. The van der Waals surface area contributed by atoms with Gasteiger partial charge in [-0.05, 0) is 0 Å². The monoisotopic (exact) mass is 545 g/mol. The van der Waals surface area contributed by atoms with Gasteiger partial charge in [-0.25, -0.2) is 0 Å². The fourth-order valence-corrected chi connectivity index (χ4v) is 4.36. The summed E-state index contributed by atoms with van der Waals surface area (Å²) in [7, 11) is 0. The third-order valence-corrected chi connectivity index (χ3v) is 6.47. The van der Waals surface area contributed by atoms with Crippen molar-refractivity contribution >= 4 is 5.91 Å². The van der Waals surface area contributed by atoms with E-state index in [1.54, 1.807) is 0 Å². The van der Waals surface area contributed by atoms with Crippen LogP contribution in [0.5, 0.6) is 0 Å². The molecule has 37 heavy (non-hydrogen) atoms. The lowest BCUT2D eigenvalue weighted by molar-refractivity contribution is -0.360. The summed E-state index contributed by atoms with van der Waals surface area (Å²) >= 11 is 0. The van der Waals surface area contributed by atoms with Crippen LogP contribution in [0.25, 0.3) is 0 Å². The third kappa shape index (κ3) is 6.55. The van der Waals surface area contributed by atoms with E-state index < -0.39 is 118 Å². The molecule has 17 nitrogen and oxygen atoms in total. The third-order valence-electron chi connectivity index (χ3n) is 6.47. The minimum atomic E-state index is -1.88. The van der Waals surface area contributed by atoms with Gasteiger partial charge < -0.3 is 80.1 Å². The van der Waals surface area contributed by atoms with Crippen molar-refractivity contribution in [2.45, 2.75) is 99.0 Å². The number of carbonyl (C=O) groups excluding carboxylic acids is 1. The van der Waals surface area contributed by atoms with Crippen LogP contribution in [0.4, 0.5) is 0 Å². The highest BCUT2D eigenvalue weighted by atomic mass is 16.7. The molecule has 11 N–H and O–H groups in total. The van der Waals surface area contributed by atoms with E-state index in [9.17, 15) is 55.9 Å². The fraction of sp³-hybridized carbons (Fsp3) is 0.950. The topological polar surface area (TPSA) is 278 Å². The first-order chi connectivity index (χ1) is 17.4. The number of hydrogen-bond donors (Lipinski definition) is 11. The highest BCUT2D eigenvalue weighted by Gasteiger charge is 2.51. The van der Waals surface area contributed by atoms with Crippen molar-refractivity contribution in [2.75, 3.05) is 19.8 Å². The molecule has 3 aliphatic rings. The van der Waals surface area contributed by atoms with Crippen LogP contribution in [0, 0.1) is 0 Å². The molecule has 0 aliphatic carbocycles. The van der Waals surface area contributed by atoms with Gasteiger partial charge in [0, 0.05) is 6.92 Å². The highest BCUT2D eigenvalue weighted by Crippen LogP contribution is 2.30. The maximum absolute atomic E-state index is 11.6. The van der Waals surface area contributed by atoms with Gasteiger partial charge >= 0.3 is 0 Å². The predicted molar refractivity (Wildman–Crippen MR) is 113 cm³/mol. The number of aliphatic hydroxyl groups excluding tert-OH is 10. The maximum atomic E-state index is 11.6. The minimum Gasteiger partial charge on any atom is -0.394 e. The SMILES string of the molecule is CC(=O)N[C@@H]1[C@H](OC[C@H]2O[C@@H](O[C@H]3[C@H](O)[C@@H](O)[C@@H](O)O[C@@H]3CO)[C@H](O)[C@@H](O)[C@H]2O)O[C@H](CO)[C@@H](O)[C@@H]1O. The lowest BCUT2D eigenvalue weighted by Gasteiger charge is -2.46. The molecule has 0 aromatic rings. The van der Waals surface area contributed by atoms with Crippen LogP contribution in [0.1, 0.15) is 6.92 Å². The molecule has 0 saturated carbocycles. The molecule has 0 aromatic heterocycles. The molecular weight excluding hydrogens is 510 g/mol. The Bertz CT molecular complexity index is 745. The molecule has 0 bridgehead atoms. The van der Waals surface area contributed by atoms with E-state index in [1.807, 2.05) is 0 Å². The molecule has 15 atom stereocenters. The molecule has 0 unspecified atom stereocenters. The molecule has 3 heterocycles. The van der Waals surface area contributed by atoms with Crippen molar-refractivity contribution in [3.05, 3.63) is 0 Å². The first-order valence-electron chi connectivity index (χ1n) is 11.6. The largest absolute Gasteiger partial charge is 0.394 e. The second kappa shape index (κ2) is 12.8.